The fraction of sp³-hybridized carbons (Fsp3) is 0.750. The Bertz CT molecular complexity index is 337. The van der Waals surface area contributed by atoms with Gasteiger partial charge in [0.1, 0.15) is 0 Å². The van der Waals surface area contributed by atoms with Crippen LogP contribution in [0.15, 0.2) is 0 Å². The van der Waals surface area contributed by atoms with E-state index in [1.807, 2.05) is 18.7 Å². The summed E-state index contributed by atoms with van der Waals surface area (Å²) in [5.41, 5.74) is 3.59. The highest BCUT2D eigenvalue weighted by molar-refractivity contribution is 5.23. The molecule has 0 aromatic carbocycles. The van der Waals surface area contributed by atoms with Crippen LogP contribution in [0.3, 0.4) is 0 Å². The van der Waals surface area contributed by atoms with Crippen molar-refractivity contribution in [1.82, 2.24) is 15.1 Å². The molecule has 0 atom stereocenters. The molecule has 5 heteroatoms. The maximum atomic E-state index is 8.53. The fourth-order valence-corrected chi connectivity index (χ4v) is 1.75. The summed E-state index contributed by atoms with van der Waals surface area (Å²) in [5, 5.41) is 16.3. The van der Waals surface area contributed by atoms with Gasteiger partial charge in [-0.05, 0) is 26.8 Å². The van der Waals surface area contributed by atoms with Crippen molar-refractivity contribution in [2.45, 2.75) is 26.8 Å². The number of hydrogen-bond donors (Lipinski definition) is 2. The summed E-state index contributed by atoms with van der Waals surface area (Å²) in [7, 11) is 1.97. The van der Waals surface area contributed by atoms with Gasteiger partial charge in [-0.15, -0.1) is 0 Å². The summed E-state index contributed by atoms with van der Waals surface area (Å²) in [6, 6.07) is 0. The van der Waals surface area contributed by atoms with Crippen LogP contribution >= 0.6 is 0 Å². The lowest BCUT2D eigenvalue weighted by molar-refractivity contribution is 0.0907. The Hall–Kier alpha value is -0.910. The maximum absolute atomic E-state index is 8.53. The molecule has 98 valence electrons. The lowest BCUT2D eigenvalue weighted by Gasteiger charge is -2.06. The highest BCUT2D eigenvalue weighted by Crippen LogP contribution is 2.10. The summed E-state index contributed by atoms with van der Waals surface area (Å²) >= 11 is 0. The predicted molar refractivity (Wildman–Crippen MR) is 66.9 cm³/mol. The van der Waals surface area contributed by atoms with Gasteiger partial charge in [-0.1, -0.05) is 0 Å². The van der Waals surface area contributed by atoms with E-state index in [-0.39, 0.29) is 6.61 Å². The van der Waals surface area contributed by atoms with Crippen molar-refractivity contribution in [3.63, 3.8) is 0 Å². The molecule has 1 heterocycles. The molecule has 0 aliphatic rings. The van der Waals surface area contributed by atoms with Crippen LogP contribution in [-0.2, 0) is 18.3 Å². The Balaban J connectivity index is 2.18. The van der Waals surface area contributed by atoms with Crippen LogP contribution in [0, 0.1) is 13.8 Å². The summed E-state index contributed by atoms with van der Waals surface area (Å²) in [4.78, 5) is 0. The second kappa shape index (κ2) is 7.42. The van der Waals surface area contributed by atoms with E-state index in [1.54, 1.807) is 0 Å². The van der Waals surface area contributed by atoms with Crippen LogP contribution in [0.25, 0.3) is 0 Å². The Morgan fingerprint density at radius 1 is 1.35 bits per heavy atom. The quantitative estimate of drug-likeness (QED) is 0.652. The monoisotopic (exact) mass is 241 g/mol. The van der Waals surface area contributed by atoms with E-state index in [9.17, 15) is 0 Å². The molecule has 0 aliphatic carbocycles. The van der Waals surface area contributed by atoms with E-state index >= 15 is 0 Å². The van der Waals surface area contributed by atoms with E-state index in [0.717, 1.165) is 25.2 Å². The first-order chi connectivity index (χ1) is 8.16. The van der Waals surface area contributed by atoms with Crippen LogP contribution in [0.5, 0.6) is 0 Å². The number of aromatic nitrogens is 2. The van der Waals surface area contributed by atoms with Crippen molar-refractivity contribution in [3.8, 4) is 0 Å². The van der Waals surface area contributed by atoms with Crippen molar-refractivity contribution in [2.24, 2.45) is 7.05 Å². The van der Waals surface area contributed by atoms with Gasteiger partial charge < -0.3 is 15.2 Å². The van der Waals surface area contributed by atoms with E-state index in [1.165, 1.54) is 11.3 Å². The summed E-state index contributed by atoms with van der Waals surface area (Å²) in [5.74, 6) is 0. The second-order valence-corrected chi connectivity index (χ2v) is 4.14. The first-order valence-corrected chi connectivity index (χ1v) is 6.05. The molecule has 17 heavy (non-hydrogen) atoms. The molecule has 1 aromatic rings. The molecule has 0 unspecified atom stereocenters. The molecular weight excluding hydrogens is 218 g/mol. The molecule has 0 bridgehead atoms. The van der Waals surface area contributed by atoms with Crippen molar-refractivity contribution < 1.29 is 9.84 Å². The number of hydrogen-bond acceptors (Lipinski definition) is 4. The van der Waals surface area contributed by atoms with Crippen molar-refractivity contribution >= 4 is 0 Å². The highest BCUT2D eigenvalue weighted by Gasteiger charge is 2.07. The van der Waals surface area contributed by atoms with Gasteiger partial charge in [0.2, 0.25) is 0 Å². The van der Waals surface area contributed by atoms with Crippen LogP contribution in [-0.4, -0.2) is 41.3 Å². The predicted octanol–water partition coefficient (Wildman–Crippen LogP) is 0.526. The molecule has 2 N–H and O–H groups in total. The van der Waals surface area contributed by atoms with Gasteiger partial charge in [0.05, 0.1) is 18.9 Å². The third kappa shape index (κ3) is 4.46. The summed E-state index contributed by atoms with van der Waals surface area (Å²) in [6.07, 6.45) is 0.957. The zero-order chi connectivity index (χ0) is 12.7. The smallest absolute Gasteiger partial charge is 0.0697 e. The molecule has 0 amide bonds. The van der Waals surface area contributed by atoms with E-state index < -0.39 is 0 Å². The zero-order valence-electron chi connectivity index (χ0n) is 11.0. The standard InChI is InChI=1S/C12H23N3O2/c1-10-12(11(2)15(3)14-10)9-13-5-4-7-17-8-6-16/h13,16H,4-9H2,1-3H3. The zero-order valence-corrected chi connectivity index (χ0v) is 11.0. The number of nitrogens with zero attached hydrogens (tertiary/aromatic N) is 2. The number of aliphatic hydroxyl groups is 1. The summed E-state index contributed by atoms with van der Waals surface area (Å²) < 4.78 is 7.09. The molecular formula is C12H23N3O2. The number of aryl methyl sites for hydroxylation is 2. The third-order valence-electron chi connectivity index (χ3n) is 2.84. The lowest BCUT2D eigenvalue weighted by atomic mass is 10.2. The average molecular weight is 241 g/mol. The van der Waals surface area contributed by atoms with Crippen molar-refractivity contribution in [2.75, 3.05) is 26.4 Å². The fourth-order valence-electron chi connectivity index (χ4n) is 1.75. The van der Waals surface area contributed by atoms with Gasteiger partial charge in [-0.3, -0.25) is 4.68 Å². The van der Waals surface area contributed by atoms with Gasteiger partial charge in [-0.2, -0.15) is 5.10 Å². The normalized spacial score (nSPS) is 11.1. The average Bonchev–Trinajstić information content (AvgIpc) is 2.54. The van der Waals surface area contributed by atoms with Crippen LogP contribution in [0.2, 0.25) is 0 Å². The first kappa shape index (κ1) is 14.2. The maximum Gasteiger partial charge on any atom is 0.0697 e. The number of nitrogens with one attached hydrogen (secondary N) is 1. The molecule has 0 saturated carbocycles. The third-order valence-corrected chi connectivity index (χ3v) is 2.84. The minimum Gasteiger partial charge on any atom is -0.394 e. The molecule has 0 spiro atoms. The first-order valence-electron chi connectivity index (χ1n) is 6.05. The minimum absolute atomic E-state index is 0.0987. The van der Waals surface area contributed by atoms with Gasteiger partial charge >= 0.3 is 0 Å². The molecule has 1 aromatic heterocycles. The molecule has 0 radical (unpaired) electrons. The van der Waals surface area contributed by atoms with E-state index in [4.69, 9.17) is 9.84 Å². The number of rotatable bonds is 8. The SMILES string of the molecule is Cc1nn(C)c(C)c1CNCCCOCCO. The number of aliphatic hydroxyl groups excluding tert-OH is 1. The van der Waals surface area contributed by atoms with Crippen molar-refractivity contribution in [3.05, 3.63) is 17.0 Å². The van der Waals surface area contributed by atoms with Gasteiger partial charge in [0.25, 0.3) is 0 Å². The van der Waals surface area contributed by atoms with Gasteiger partial charge in [0.15, 0.2) is 0 Å². The topological polar surface area (TPSA) is 59.3 Å². The number of ether oxygens (including phenoxy) is 1. The Labute approximate surface area is 103 Å². The minimum atomic E-state index is 0.0987. The Morgan fingerprint density at radius 3 is 2.71 bits per heavy atom. The van der Waals surface area contributed by atoms with Crippen molar-refractivity contribution in [1.29, 1.82) is 0 Å². The molecule has 5 nitrogen and oxygen atoms in total. The molecule has 0 fully saturated rings. The van der Waals surface area contributed by atoms with E-state index in [2.05, 4.69) is 17.3 Å². The van der Waals surface area contributed by atoms with Crippen LogP contribution in [0.4, 0.5) is 0 Å². The largest absolute Gasteiger partial charge is 0.394 e. The van der Waals surface area contributed by atoms with E-state index in [0.29, 0.717) is 13.2 Å². The highest BCUT2D eigenvalue weighted by atomic mass is 16.5. The van der Waals surface area contributed by atoms with Gasteiger partial charge in [0, 0.05) is 31.5 Å². The molecule has 1 rings (SSSR count). The summed E-state index contributed by atoms with van der Waals surface area (Å²) in [6.45, 7) is 7.11. The Kier molecular flexibility index (Phi) is 6.18. The molecule has 0 saturated heterocycles. The lowest BCUT2D eigenvalue weighted by Crippen LogP contribution is -2.17. The Morgan fingerprint density at radius 2 is 2.12 bits per heavy atom. The molecule has 0 aliphatic heterocycles. The van der Waals surface area contributed by atoms with Crippen LogP contribution < -0.4 is 5.32 Å². The van der Waals surface area contributed by atoms with Gasteiger partial charge in [-0.25, -0.2) is 0 Å². The second-order valence-electron chi connectivity index (χ2n) is 4.14. The van der Waals surface area contributed by atoms with Crippen LogP contribution in [0.1, 0.15) is 23.4 Å².